The highest BCUT2D eigenvalue weighted by atomic mass is 32.2. The van der Waals surface area contributed by atoms with Crippen LogP contribution in [-0.2, 0) is 14.8 Å². The summed E-state index contributed by atoms with van der Waals surface area (Å²) in [7, 11) is -3.74. The van der Waals surface area contributed by atoms with Crippen LogP contribution in [0.5, 0.6) is 0 Å². The Hall–Kier alpha value is -1.40. The van der Waals surface area contributed by atoms with Crippen molar-refractivity contribution in [2.45, 2.75) is 43.5 Å². The zero-order chi connectivity index (χ0) is 14.8. The van der Waals surface area contributed by atoms with Crippen LogP contribution < -0.4 is 0 Å². The van der Waals surface area contributed by atoms with E-state index in [0.29, 0.717) is 12.8 Å². The van der Waals surface area contributed by atoms with Gasteiger partial charge in [-0.05, 0) is 31.9 Å². The molecule has 6 heteroatoms. The monoisotopic (exact) mass is 297 g/mol. The molecule has 1 unspecified atom stereocenters. The molecule has 110 valence electrons. The van der Waals surface area contributed by atoms with Gasteiger partial charge in [0.1, 0.15) is 6.04 Å². The molecule has 0 amide bonds. The Morgan fingerprint density at radius 3 is 2.45 bits per heavy atom. The number of carbonyl (C=O) groups is 1. The lowest BCUT2D eigenvalue weighted by molar-refractivity contribution is -0.141. The molecule has 1 heterocycles. The molecule has 0 aromatic heterocycles. The molecule has 20 heavy (non-hydrogen) atoms. The summed E-state index contributed by atoms with van der Waals surface area (Å²) in [5.74, 6) is -1.07. The first kappa shape index (κ1) is 15.0. The third-order valence-corrected chi connectivity index (χ3v) is 5.54. The first-order valence-corrected chi connectivity index (χ1v) is 8.18. The third kappa shape index (κ3) is 3.02. The SMILES string of the molecule is Cc1ccc(S(=O)(=O)N2CCCCCC2C(=O)O)cc1. The molecule has 1 atom stereocenters. The number of nitrogens with zero attached hydrogens (tertiary/aromatic N) is 1. The summed E-state index contributed by atoms with van der Waals surface area (Å²) in [5, 5.41) is 9.28. The highest BCUT2D eigenvalue weighted by Crippen LogP contribution is 2.25. The average molecular weight is 297 g/mol. The van der Waals surface area contributed by atoms with Crippen molar-refractivity contribution in [2.75, 3.05) is 6.54 Å². The van der Waals surface area contributed by atoms with Crippen molar-refractivity contribution < 1.29 is 18.3 Å². The van der Waals surface area contributed by atoms with E-state index >= 15 is 0 Å². The zero-order valence-corrected chi connectivity index (χ0v) is 12.3. The normalized spacial score (nSPS) is 21.4. The second-order valence-electron chi connectivity index (χ2n) is 5.13. The van der Waals surface area contributed by atoms with Gasteiger partial charge in [0.25, 0.3) is 0 Å². The van der Waals surface area contributed by atoms with Crippen molar-refractivity contribution in [3.05, 3.63) is 29.8 Å². The van der Waals surface area contributed by atoms with E-state index in [0.717, 1.165) is 22.7 Å². The predicted octanol–water partition coefficient (Wildman–Crippen LogP) is 2.01. The van der Waals surface area contributed by atoms with E-state index in [-0.39, 0.29) is 11.4 Å². The molecule has 5 nitrogen and oxygen atoms in total. The van der Waals surface area contributed by atoms with Crippen LogP contribution in [0.3, 0.4) is 0 Å². The molecular weight excluding hydrogens is 278 g/mol. The number of benzene rings is 1. The van der Waals surface area contributed by atoms with Crippen LogP contribution in [0.1, 0.15) is 31.2 Å². The summed E-state index contributed by atoms with van der Waals surface area (Å²) in [6.45, 7) is 2.15. The van der Waals surface area contributed by atoms with E-state index in [1.807, 2.05) is 6.92 Å². The molecule has 1 aromatic carbocycles. The largest absolute Gasteiger partial charge is 0.480 e. The van der Waals surface area contributed by atoms with Gasteiger partial charge in [0.2, 0.25) is 10.0 Å². The molecule has 1 fully saturated rings. The van der Waals surface area contributed by atoms with Gasteiger partial charge in [-0.25, -0.2) is 8.42 Å². The maximum atomic E-state index is 12.6. The minimum Gasteiger partial charge on any atom is -0.480 e. The van der Waals surface area contributed by atoms with Gasteiger partial charge in [-0.15, -0.1) is 0 Å². The number of aliphatic carboxylic acids is 1. The van der Waals surface area contributed by atoms with Gasteiger partial charge in [0.05, 0.1) is 4.90 Å². The number of hydrogen-bond acceptors (Lipinski definition) is 3. The Bertz CT molecular complexity index is 580. The van der Waals surface area contributed by atoms with E-state index in [1.54, 1.807) is 12.1 Å². The Morgan fingerprint density at radius 1 is 1.20 bits per heavy atom. The quantitative estimate of drug-likeness (QED) is 0.926. The van der Waals surface area contributed by atoms with Crippen molar-refractivity contribution in [1.82, 2.24) is 4.31 Å². The number of hydrogen-bond donors (Lipinski definition) is 1. The topological polar surface area (TPSA) is 74.7 Å². The molecule has 0 spiro atoms. The molecule has 0 radical (unpaired) electrons. The third-order valence-electron chi connectivity index (χ3n) is 3.62. The van der Waals surface area contributed by atoms with Crippen LogP contribution >= 0.6 is 0 Å². The van der Waals surface area contributed by atoms with Gasteiger partial charge >= 0.3 is 5.97 Å². The Kier molecular flexibility index (Phi) is 4.45. The van der Waals surface area contributed by atoms with Crippen molar-refractivity contribution in [3.63, 3.8) is 0 Å². The first-order chi connectivity index (χ1) is 9.43. The lowest BCUT2D eigenvalue weighted by Crippen LogP contribution is -2.44. The number of aryl methyl sites for hydroxylation is 1. The molecular formula is C14H19NO4S. The van der Waals surface area contributed by atoms with E-state index in [9.17, 15) is 18.3 Å². The molecule has 1 aromatic rings. The molecule has 2 rings (SSSR count). The summed E-state index contributed by atoms with van der Waals surface area (Å²) >= 11 is 0. The van der Waals surface area contributed by atoms with E-state index in [1.165, 1.54) is 12.1 Å². The number of carboxylic acid groups (broad SMARTS) is 1. The predicted molar refractivity (Wildman–Crippen MR) is 75.0 cm³/mol. The minimum atomic E-state index is -3.74. The van der Waals surface area contributed by atoms with E-state index < -0.39 is 22.0 Å². The average Bonchev–Trinajstić information content (AvgIpc) is 2.65. The summed E-state index contributed by atoms with van der Waals surface area (Å²) < 4.78 is 26.4. The molecule has 1 aliphatic rings. The maximum Gasteiger partial charge on any atom is 0.322 e. The van der Waals surface area contributed by atoms with Gasteiger partial charge in [-0.2, -0.15) is 4.31 Å². The van der Waals surface area contributed by atoms with Gasteiger partial charge < -0.3 is 5.11 Å². The minimum absolute atomic E-state index is 0.163. The summed E-state index contributed by atoms with van der Waals surface area (Å²) in [5.41, 5.74) is 0.967. The first-order valence-electron chi connectivity index (χ1n) is 6.74. The summed E-state index contributed by atoms with van der Waals surface area (Å²) in [4.78, 5) is 11.5. The van der Waals surface area contributed by atoms with Gasteiger partial charge in [0.15, 0.2) is 0 Å². The molecule has 1 aliphatic heterocycles. The highest BCUT2D eigenvalue weighted by Gasteiger charge is 2.36. The molecule has 0 saturated carbocycles. The van der Waals surface area contributed by atoms with Gasteiger partial charge in [-0.1, -0.05) is 30.5 Å². The fourth-order valence-electron chi connectivity index (χ4n) is 2.46. The maximum absolute atomic E-state index is 12.6. The molecule has 1 N–H and O–H groups in total. The summed E-state index contributed by atoms with van der Waals surface area (Å²) in [6, 6.07) is 5.56. The Labute approximate surface area is 119 Å². The van der Waals surface area contributed by atoms with Crippen LogP contribution in [0.15, 0.2) is 29.2 Å². The van der Waals surface area contributed by atoms with Crippen molar-refractivity contribution in [3.8, 4) is 0 Å². The van der Waals surface area contributed by atoms with Crippen molar-refractivity contribution >= 4 is 16.0 Å². The van der Waals surface area contributed by atoms with Crippen LogP contribution in [0.25, 0.3) is 0 Å². The Balaban J connectivity index is 2.39. The summed E-state index contributed by atoms with van der Waals surface area (Å²) in [6.07, 6.45) is 2.69. The van der Waals surface area contributed by atoms with Gasteiger partial charge in [-0.3, -0.25) is 4.79 Å². The fourth-order valence-corrected chi connectivity index (χ4v) is 4.11. The second kappa shape index (κ2) is 5.93. The van der Waals surface area contributed by atoms with Crippen LogP contribution in [0.4, 0.5) is 0 Å². The molecule has 0 aliphatic carbocycles. The Morgan fingerprint density at radius 2 is 1.85 bits per heavy atom. The number of rotatable bonds is 3. The molecule has 1 saturated heterocycles. The van der Waals surface area contributed by atoms with Crippen LogP contribution in [-0.4, -0.2) is 36.4 Å². The molecule has 0 bridgehead atoms. The number of sulfonamides is 1. The van der Waals surface area contributed by atoms with Crippen LogP contribution in [0.2, 0.25) is 0 Å². The van der Waals surface area contributed by atoms with Crippen molar-refractivity contribution in [2.24, 2.45) is 0 Å². The van der Waals surface area contributed by atoms with E-state index in [2.05, 4.69) is 0 Å². The van der Waals surface area contributed by atoms with Crippen LogP contribution in [0, 0.1) is 6.92 Å². The fraction of sp³-hybridized carbons (Fsp3) is 0.500. The van der Waals surface area contributed by atoms with E-state index in [4.69, 9.17) is 0 Å². The standard InChI is InChI=1S/C14H19NO4S/c1-11-6-8-12(9-7-11)20(18,19)15-10-4-2-3-5-13(15)14(16)17/h6-9,13H,2-5,10H2,1H3,(H,16,17). The lowest BCUT2D eigenvalue weighted by atomic mass is 10.1. The second-order valence-corrected chi connectivity index (χ2v) is 7.02. The highest BCUT2D eigenvalue weighted by molar-refractivity contribution is 7.89. The lowest BCUT2D eigenvalue weighted by Gasteiger charge is -2.26. The van der Waals surface area contributed by atoms with Crippen molar-refractivity contribution in [1.29, 1.82) is 0 Å². The smallest absolute Gasteiger partial charge is 0.322 e. The van der Waals surface area contributed by atoms with Gasteiger partial charge in [0, 0.05) is 6.54 Å². The zero-order valence-electron chi connectivity index (χ0n) is 11.4. The number of carboxylic acids is 1.